The van der Waals surface area contributed by atoms with E-state index in [1.165, 1.54) is 0 Å². The molecule has 0 radical (unpaired) electrons. The van der Waals surface area contributed by atoms with Gasteiger partial charge in [-0.1, -0.05) is 0 Å². The summed E-state index contributed by atoms with van der Waals surface area (Å²) < 4.78 is 40.4. The topological polar surface area (TPSA) is 89.6 Å². The molecule has 1 amide bonds. The molecule has 0 aromatic heterocycles. The molecule has 0 saturated carbocycles. The Labute approximate surface area is 188 Å². The number of rotatable bonds is 8. The highest BCUT2D eigenvalue weighted by atomic mass is 31.2. The number of likely N-dealkylation sites (tertiary alicyclic amines) is 1. The van der Waals surface area contributed by atoms with Crippen LogP contribution in [0.15, 0.2) is 0 Å². The summed E-state index contributed by atoms with van der Waals surface area (Å²) in [4.78, 5) is 13.6. The van der Waals surface area contributed by atoms with Crippen molar-refractivity contribution in [1.29, 1.82) is 0 Å². The summed E-state index contributed by atoms with van der Waals surface area (Å²) in [5.74, 6) is 0.0710. The van der Waals surface area contributed by atoms with Crippen molar-refractivity contribution in [3.8, 4) is 0 Å². The van der Waals surface area contributed by atoms with E-state index in [2.05, 4.69) is 5.32 Å². The van der Waals surface area contributed by atoms with Crippen molar-refractivity contribution >= 4 is 29.1 Å². The smallest absolute Gasteiger partial charge is 0.275 e. The Morgan fingerprint density at radius 1 is 1.10 bits per heavy atom. The number of nitrogens with one attached hydrogen (secondary N) is 1. The quantitative estimate of drug-likeness (QED) is 0.362. The SMILES string of the molecule is BC1CNCC(COP(=O)(C2CCN(C(C)=O)CC2)N2CC(B)OC(COCC)C2)O1. The van der Waals surface area contributed by atoms with E-state index in [1.54, 1.807) is 6.92 Å². The van der Waals surface area contributed by atoms with Gasteiger partial charge in [0.1, 0.15) is 15.7 Å². The summed E-state index contributed by atoms with van der Waals surface area (Å²) in [6.45, 7) is 8.78. The summed E-state index contributed by atoms with van der Waals surface area (Å²) in [7, 11) is 0.861. The predicted molar refractivity (Wildman–Crippen MR) is 124 cm³/mol. The summed E-state index contributed by atoms with van der Waals surface area (Å²) in [5.41, 5.74) is -0.102. The molecule has 0 spiro atoms. The molecule has 3 saturated heterocycles. The van der Waals surface area contributed by atoms with Gasteiger partial charge in [0.15, 0.2) is 0 Å². The van der Waals surface area contributed by atoms with Crippen molar-refractivity contribution in [2.45, 2.75) is 56.6 Å². The van der Waals surface area contributed by atoms with Gasteiger partial charge in [0.05, 0.1) is 31.1 Å². The van der Waals surface area contributed by atoms with Crippen LogP contribution in [0.25, 0.3) is 0 Å². The van der Waals surface area contributed by atoms with Crippen molar-refractivity contribution in [1.82, 2.24) is 14.9 Å². The Morgan fingerprint density at radius 2 is 1.81 bits per heavy atom. The van der Waals surface area contributed by atoms with E-state index >= 15 is 0 Å². The number of hydrogen-bond donors (Lipinski definition) is 1. The van der Waals surface area contributed by atoms with Gasteiger partial charge in [0, 0.05) is 64.8 Å². The van der Waals surface area contributed by atoms with Crippen molar-refractivity contribution in [2.24, 2.45) is 0 Å². The number of hydrogen-bond acceptors (Lipinski definition) is 7. The zero-order chi connectivity index (χ0) is 22.4. The van der Waals surface area contributed by atoms with Gasteiger partial charge in [0.2, 0.25) is 5.91 Å². The number of amides is 1. The van der Waals surface area contributed by atoms with Gasteiger partial charge < -0.3 is 29.0 Å². The molecule has 176 valence electrons. The molecule has 0 aromatic carbocycles. The third-order valence-electron chi connectivity index (χ3n) is 6.25. The van der Waals surface area contributed by atoms with Gasteiger partial charge in [-0.05, 0) is 19.8 Å². The maximum absolute atomic E-state index is 14.5. The summed E-state index contributed by atoms with van der Waals surface area (Å²) in [6.07, 6.45) is 1.11. The first-order chi connectivity index (χ1) is 14.8. The van der Waals surface area contributed by atoms with Crippen LogP contribution < -0.4 is 5.32 Å². The van der Waals surface area contributed by atoms with Gasteiger partial charge in [-0.2, -0.15) is 0 Å². The zero-order valence-electron chi connectivity index (χ0n) is 19.5. The average Bonchev–Trinajstić information content (AvgIpc) is 2.76. The number of piperidine rings is 1. The van der Waals surface area contributed by atoms with Crippen LogP contribution in [0.2, 0.25) is 0 Å². The number of carbonyl (C=O) groups is 1. The molecule has 1 N–H and O–H groups in total. The highest BCUT2D eigenvalue weighted by molar-refractivity contribution is 7.57. The fourth-order valence-corrected chi connectivity index (χ4v) is 7.64. The molecule has 9 nitrogen and oxygen atoms in total. The van der Waals surface area contributed by atoms with Crippen LogP contribution in [0.4, 0.5) is 0 Å². The molecule has 12 heteroatoms. The van der Waals surface area contributed by atoms with Crippen LogP contribution >= 0.6 is 7.52 Å². The lowest BCUT2D eigenvalue weighted by Gasteiger charge is -2.45. The maximum atomic E-state index is 14.5. The van der Waals surface area contributed by atoms with E-state index in [9.17, 15) is 9.36 Å². The lowest BCUT2D eigenvalue weighted by atomic mass is 9.98. The van der Waals surface area contributed by atoms with E-state index < -0.39 is 7.52 Å². The third kappa shape index (κ3) is 6.79. The molecule has 3 aliphatic rings. The molecule has 3 aliphatic heterocycles. The standard InChI is InChI=1S/C19H38B2N3O6P/c1-3-27-12-16-10-24(11-19(21)30-16)31(26,17-4-6-23(7-5-17)14(2)25)28-13-15-8-22-9-18(20)29-15/h15-19,22H,3-13,20-21H2,1-2H3. The molecule has 3 fully saturated rings. The van der Waals surface area contributed by atoms with Crippen molar-refractivity contribution in [2.75, 3.05) is 59.1 Å². The molecule has 5 unspecified atom stereocenters. The molecule has 3 heterocycles. The lowest BCUT2D eigenvalue weighted by molar-refractivity contribution is -0.129. The minimum absolute atomic E-state index is 0.0546. The predicted octanol–water partition coefficient (Wildman–Crippen LogP) is -1.15. The van der Waals surface area contributed by atoms with Gasteiger partial charge in [-0.3, -0.25) is 9.36 Å². The summed E-state index contributed by atoms with van der Waals surface area (Å²) in [6, 6.07) is 0.0561. The molecule has 0 bridgehead atoms. The van der Waals surface area contributed by atoms with Crippen LogP contribution in [-0.2, 0) is 28.1 Å². The normalized spacial score (nSPS) is 33.2. The van der Waals surface area contributed by atoms with Crippen LogP contribution in [0.5, 0.6) is 0 Å². The fraction of sp³-hybridized carbons (Fsp3) is 0.947. The Bertz CT molecular complexity index is 640. The second kappa shape index (κ2) is 11.6. The molecule has 31 heavy (non-hydrogen) atoms. The highest BCUT2D eigenvalue weighted by Gasteiger charge is 2.45. The fourth-order valence-electron chi connectivity index (χ4n) is 4.68. The molecule has 5 atom stereocenters. The van der Waals surface area contributed by atoms with Crippen LogP contribution in [-0.4, -0.2) is 120 Å². The van der Waals surface area contributed by atoms with Crippen molar-refractivity contribution in [3.05, 3.63) is 0 Å². The zero-order valence-corrected chi connectivity index (χ0v) is 20.4. The monoisotopic (exact) mass is 457 g/mol. The Hall–Kier alpha value is -0.410. The number of ether oxygens (including phenoxy) is 3. The maximum Gasteiger partial charge on any atom is 0.275 e. The molecule has 0 aromatic rings. The molecule has 3 rings (SSSR count). The Balaban J connectivity index is 1.73. The van der Waals surface area contributed by atoms with Gasteiger partial charge >= 0.3 is 0 Å². The van der Waals surface area contributed by atoms with E-state index in [0.717, 1.165) is 6.54 Å². The number of nitrogens with zero attached hydrogens (tertiary/aromatic N) is 2. The van der Waals surface area contributed by atoms with Gasteiger partial charge in [-0.25, -0.2) is 4.67 Å². The van der Waals surface area contributed by atoms with Crippen molar-refractivity contribution < 1.29 is 28.1 Å². The van der Waals surface area contributed by atoms with Crippen LogP contribution in [0.3, 0.4) is 0 Å². The first-order valence-electron chi connectivity index (χ1n) is 11.7. The van der Waals surface area contributed by atoms with E-state index in [0.29, 0.717) is 65.4 Å². The van der Waals surface area contributed by atoms with Crippen LogP contribution in [0, 0.1) is 0 Å². The van der Waals surface area contributed by atoms with E-state index in [-0.39, 0.29) is 35.8 Å². The molecular weight excluding hydrogens is 419 g/mol. The van der Waals surface area contributed by atoms with E-state index in [4.69, 9.17) is 18.7 Å². The summed E-state index contributed by atoms with van der Waals surface area (Å²) in [5, 5.41) is 3.35. The van der Waals surface area contributed by atoms with E-state index in [1.807, 2.05) is 32.2 Å². The summed E-state index contributed by atoms with van der Waals surface area (Å²) >= 11 is 0. The van der Waals surface area contributed by atoms with Crippen molar-refractivity contribution in [3.63, 3.8) is 0 Å². The average molecular weight is 457 g/mol. The van der Waals surface area contributed by atoms with Gasteiger partial charge in [-0.15, -0.1) is 0 Å². The molecule has 0 aliphatic carbocycles. The third-order valence-corrected chi connectivity index (χ3v) is 9.33. The minimum atomic E-state index is -3.17. The highest BCUT2D eigenvalue weighted by Crippen LogP contribution is 2.59. The second-order valence-electron chi connectivity index (χ2n) is 8.92. The Morgan fingerprint density at radius 3 is 2.45 bits per heavy atom. The second-order valence-corrected chi connectivity index (χ2v) is 11.6. The van der Waals surface area contributed by atoms with Crippen LogP contribution in [0.1, 0.15) is 26.7 Å². The Kier molecular flexibility index (Phi) is 9.47. The molecular formula is C19H38B2N3O6P. The largest absolute Gasteiger partial charge is 0.379 e. The first kappa shape index (κ1) is 25.2. The number of morpholine rings is 2. The number of carbonyl (C=O) groups excluding carboxylic acids is 1. The van der Waals surface area contributed by atoms with Gasteiger partial charge in [0.25, 0.3) is 7.52 Å². The first-order valence-corrected chi connectivity index (χ1v) is 13.3. The minimum Gasteiger partial charge on any atom is -0.379 e. The lowest BCUT2D eigenvalue weighted by Crippen LogP contribution is -2.51.